The van der Waals surface area contributed by atoms with Crippen molar-refractivity contribution >= 4 is 29.4 Å². The van der Waals surface area contributed by atoms with Crippen LogP contribution < -0.4 is 10.4 Å². The molecule has 0 amide bonds. The first kappa shape index (κ1) is 29.1. The van der Waals surface area contributed by atoms with Crippen molar-refractivity contribution in [3.05, 3.63) is 158 Å². The van der Waals surface area contributed by atoms with E-state index in [-0.39, 0.29) is 0 Å². The molecule has 0 fully saturated rings. The van der Waals surface area contributed by atoms with Gasteiger partial charge in [-0.25, -0.2) is 19.9 Å². The van der Waals surface area contributed by atoms with Crippen LogP contribution in [0.15, 0.2) is 158 Å². The van der Waals surface area contributed by atoms with Gasteiger partial charge in [0, 0.05) is 27.6 Å². The van der Waals surface area contributed by atoms with E-state index in [1.54, 1.807) is 0 Å². The molecular weight excluding hydrogens is 613 g/mol. The number of rotatable bonds is 5. The van der Waals surface area contributed by atoms with Crippen molar-refractivity contribution in [3.8, 4) is 67.7 Å². The molecular formula is C44H32N4Si. The fourth-order valence-electron chi connectivity index (χ4n) is 7.25. The lowest BCUT2D eigenvalue weighted by Gasteiger charge is -2.21. The zero-order chi connectivity index (χ0) is 33.0. The molecule has 0 radical (unpaired) electrons. The number of benzene rings is 6. The van der Waals surface area contributed by atoms with E-state index in [2.05, 4.69) is 153 Å². The molecule has 0 spiro atoms. The van der Waals surface area contributed by atoms with E-state index in [1.165, 1.54) is 15.9 Å². The van der Waals surface area contributed by atoms with Crippen LogP contribution in [-0.2, 0) is 0 Å². The fourth-order valence-corrected chi connectivity index (χ4v) is 10.5. The Kier molecular flexibility index (Phi) is 6.88. The highest BCUT2D eigenvalue weighted by Gasteiger charge is 2.41. The SMILES string of the molecule is C[Si]1(C)c2ccccc2-c2nc(-c3cccc(-c4cccc(-c5nc(-c6ccccc6)c6ccccc6n5)c4)c3)nc(-c3ccccc3)c21. The van der Waals surface area contributed by atoms with E-state index in [9.17, 15) is 0 Å². The van der Waals surface area contributed by atoms with Crippen LogP contribution in [0.1, 0.15) is 0 Å². The fraction of sp³-hybridized carbons (Fsp3) is 0.0455. The normalized spacial score (nSPS) is 12.9. The summed E-state index contributed by atoms with van der Waals surface area (Å²) in [5.41, 5.74) is 11.5. The predicted octanol–water partition coefficient (Wildman–Crippen LogP) is 9.56. The molecule has 0 bridgehead atoms. The lowest BCUT2D eigenvalue weighted by atomic mass is 9.99. The Morgan fingerprint density at radius 3 is 1.57 bits per heavy atom. The van der Waals surface area contributed by atoms with Gasteiger partial charge in [0.2, 0.25) is 0 Å². The quantitative estimate of drug-likeness (QED) is 0.175. The summed E-state index contributed by atoms with van der Waals surface area (Å²) in [6, 6.07) is 55.0. The van der Waals surface area contributed by atoms with Gasteiger partial charge >= 0.3 is 0 Å². The zero-order valence-electron chi connectivity index (χ0n) is 27.3. The van der Waals surface area contributed by atoms with Gasteiger partial charge in [-0.3, -0.25) is 0 Å². The third-order valence-corrected chi connectivity index (χ3v) is 13.2. The van der Waals surface area contributed by atoms with Crippen molar-refractivity contribution < 1.29 is 0 Å². The van der Waals surface area contributed by atoms with E-state index in [0.29, 0.717) is 5.82 Å². The molecule has 0 aliphatic carbocycles. The van der Waals surface area contributed by atoms with Crippen LogP contribution in [0.3, 0.4) is 0 Å². The average Bonchev–Trinajstić information content (AvgIpc) is 3.41. The Bertz CT molecular complexity index is 2530. The van der Waals surface area contributed by atoms with E-state index in [1.807, 2.05) is 18.2 Å². The van der Waals surface area contributed by atoms with Crippen molar-refractivity contribution in [1.82, 2.24) is 19.9 Å². The third-order valence-electron chi connectivity index (χ3n) is 9.66. The zero-order valence-corrected chi connectivity index (χ0v) is 28.3. The molecule has 8 aromatic rings. The van der Waals surface area contributed by atoms with Crippen LogP contribution in [0.2, 0.25) is 13.1 Å². The molecule has 232 valence electrons. The lowest BCUT2D eigenvalue weighted by Crippen LogP contribution is -2.50. The molecule has 1 aliphatic heterocycles. The van der Waals surface area contributed by atoms with Crippen molar-refractivity contribution in [3.63, 3.8) is 0 Å². The average molecular weight is 645 g/mol. The highest BCUT2D eigenvalue weighted by Crippen LogP contribution is 2.35. The maximum absolute atomic E-state index is 5.33. The van der Waals surface area contributed by atoms with Gasteiger partial charge in [0.25, 0.3) is 0 Å². The van der Waals surface area contributed by atoms with Gasteiger partial charge in [0.15, 0.2) is 11.6 Å². The van der Waals surface area contributed by atoms with Crippen LogP contribution in [0.25, 0.3) is 78.6 Å². The monoisotopic (exact) mass is 644 g/mol. The summed E-state index contributed by atoms with van der Waals surface area (Å²) in [7, 11) is -2.01. The predicted molar refractivity (Wildman–Crippen MR) is 204 cm³/mol. The molecule has 49 heavy (non-hydrogen) atoms. The van der Waals surface area contributed by atoms with Crippen LogP contribution in [0.4, 0.5) is 0 Å². The number of hydrogen-bond donors (Lipinski definition) is 0. The second-order valence-corrected chi connectivity index (χ2v) is 17.4. The summed E-state index contributed by atoms with van der Waals surface area (Å²) in [6.45, 7) is 4.84. The summed E-state index contributed by atoms with van der Waals surface area (Å²) >= 11 is 0. The summed E-state index contributed by atoms with van der Waals surface area (Å²) in [5, 5.41) is 3.78. The maximum atomic E-state index is 5.33. The van der Waals surface area contributed by atoms with Crippen LogP contribution in [0, 0.1) is 0 Å². The van der Waals surface area contributed by atoms with Crippen LogP contribution >= 0.6 is 0 Å². The number of fused-ring (bicyclic) bond motifs is 4. The second-order valence-electron chi connectivity index (χ2n) is 13.1. The number of aromatic nitrogens is 4. The first-order valence-corrected chi connectivity index (χ1v) is 19.7. The lowest BCUT2D eigenvalue weighted by molar-refractivity contribution is 1.20. The maximum Gasteiger partial charge on any atom is 0.160 e. The molecule has 0 saturated carbocycles. The summed E-state index contributed by atoms with van der Waals surface area (Å²) in [4.78, 5) is 20.8. The van der Waals surface area contributed by atoms with Crippen molar-refractivity contribution in [1.29, 1.82) is 0 Å². The number of para-hydroxylation sites is 1. The molecule has 6 aromatic carbocycles. The van der Waals surface area contributed by atoms with Gasteiger partial charge in [0.1, 0.15) is 8.07 Å². The Morgan fingerprint density at radius 2 is 0.878 bits per heavy atom. The standard InChI is InChI=1S/C44H32N4Si/c1-49(2)38-26-12-10-24-36(38)41-42(49)40(30-17-7-4-8-18-30)47-44(48-41)34-22-14-20-32(28-34)31-19-13-21-33(27-31)43-45-37-25-11-9-23-35(37)39(46-43)29-15-5-3-6-16-29/h3-28H,1-2H3. The minimum Gasteiger partial charge on any atom is -0.228 e. The van der Waals surface area contributed by atoms with Gasteiger partial charge in [-0.1, -0.05) is 153 Å². The van der Waals surface area contributed by atoms with E-state index >= 15 is 0 Å². The minimum absolute atomic E-state index is 0.704. The van der Waals surface area contributed by atoms with E-state index in [4.69, 9.17) is 19.9 Å². The molecule has 2 aromatic heterocycles. The minimum atomic E-state index is -2.01. The molecule has 3 heterocycles. The summed E-state index contributed by atoms with van der Waals surface area (Å²) < 4.78 is 0. The van der Waals surface area contributed by atoms with Crippen molar-refractivity contribution in [2.75, 3.05) is 0 Å². The summed E-state index contributed by atoms with van der Waals surface area (Å²) in [6.07, 6.45) is 0. The number of nitrogens with zero attached hydrogens (tertiary/aromatic N) is 4. The van der Waals surface area contributed by atoms with Gasteiger partial charge in [-0.15, -0.1) is 0 Å². The van der Waals surface area contributed by atoms with E-state index in [0.717, 1.165) is 67.2 Å². The smallest absolute Gasteiger partial charge is 0.160 e. The van der Waals surface area contributed by atoms with Crippen molar-refractivity contribution in [2.45, 2.75) is 13.1 Å². The number of hydrogen-bond acceptors (Lipinski definition) is 4. The second kappa shape index (κ2) is 11.6. The highest BCUT2D eigenvalue weighted by molar-refractivity contribution is 7.04. The summed E-state index contributed by atoms with van der Waals surface area (Å²) in [5.74, 6) is 1.44. The molecule has 1 aliphatic rings. The molecule has 5 heteroatoms. The van der Waals surface area contributed by atoms with Crippen molar-refractivity contribution in [2.24, 2.45) is 0 Å². The molecule has 0 atom stereocenters. The first-order valence-electron chi connectivity index (χ1n) is 16.7. The molecule has 0 saturated heterocycles. The Morgan fingerprint density at radius 1 is 0.388 bits per heavy atom. The Hall–Kier alpha value is -6.04. The first-order chi connectivity index (χ1) is 24.0. The van der Waals surface area contributed by atoms with Gasteiger partial charge in [0.05, 0.1) is 22.6 Å². The van der Waals surface area contributed by atoms with E-state index < -0.39 is 8.07 Å². The molecule has 0 N–H and O–H groups in total. The molecule has 4 nitrogen and oxygen atoms in total. The molecule has 9 rings (SSSR count). The van der Waals surface area contributed by atoms with Gasteiger partial charge in [-0.2, -0.15) is 0 Å². The van der Waals surface area contributed by atoms with Crippen LogP contribution in [0.5, 0.6) is 0 Å². The largest absolute Gasteiger partial charge is 0.228 e. The topological polar surface area (TPSA) is 51.6 Å². The van der Waals surface area contributed by atoms with Crippen LogP contribution in [-0.4, -0.2) is 28.0 Å². The van der Waals surface area contributed by atoms with Gasteiger partial charge in [-0.05, 0) is 45.3 Å². The Labute approximate surface area is 286 Å². The third kappa shape index (κ3) is 4.98. The molecule has 0 unspecified atom stereocenters. The highest BCUT2D eigenvalue weighted by atomic mass is 28.3. The van der Waals surface area contributed by atoms with Gasteiger partial charge < -0.3 is 0 Å². The Balaban J connectivity index is 1.16.